The quantitative estimate of drug-likeness (QED) is 0.807. The summed E-state index contributed by atoms with van der Waals surface area (Å²) in [5.41, 5.74) is 6.02. The average Bonchev–Trinajstić information content (AvgIpc) is 2.30. The third-order valence-corrected chi connectivity index (χ3v) is 2.62. The van der Waals surface area contributed by atoms with E-state index in [-0.39, 0.29) is 23.7 Å². The number of halogens is 2. The Bertz CT molecular complexity index is 473. The Hall–Kier alpha value is -1.29. The summed E-state index contributed by atoms with van der Waals surface area (Å²) in [6.45, 7) is 0. The third kappa shape index (κ3) is 3.33. The number of methoxy groups -OCH3 is 1. The molecule has 0 aliphatic carbocycles. The largest absolute Gasteiger partial charge is 0.506 e. The van der Waals surface area contributed by atoms with Gasteiger partial charge in [-0.2, -0.15) is 5.26 Å². The molecular formula is C10H10BrClN2O3. The molecule has 3 N–H and O–H groups in total. The monoisotopic (exact) mass is 320 g/mol. The van der Waals surface area contributed by atoms with Gasteiger partial charge in [0.05, 0.1) is 23.2 Å². The molecule has 0 fully saturated rings. The van der Waals surface area contributed by atoms with E-state index >= 15 is 0 Å². The molecule has 1 aromatic carbocycles. The molecule has 1 aromatic rings. The molecule has 17 heavy (non-hydrogen) atoms. The lowest BCUT2D eigenvalue weighted by molar-refractivity contribution is -0.142. The van der Waals surface area contributed by atoms with Gasteiger partial charge in [-0.15, -0.1) is 12.4 Å². The van der Waals surface area contributed by atoms with Crippen molar-refractivity contribution in [3.05, 3.63) is 27.7 Å². The molecule has 0 radical (unpaired) electrons. The van der Waals surface area contributed by atoms with Crippen LogP contribution in [0.3, 0.4) is 0 Å². The highest BCUT2D eigenvalue weighted by atomic mass is 79.9. The summed E-state index contributed by atoms with van der Waals surface area (Å²) in [7, 11) is 1.20. The van der Waals surface area contributed by atoms with Crippen LogP contribution in [0, 0.1) is 11.3 Å². The van der Waals surface area contributed by atoms with E-state index in [9.17, 15) is 9.90 Å². The number of nitrogens with zero attached hydrogens (tertiary/aromatic N) is 1. The number of nitriles is 1. The fourth-order valence-corrected chi connectivity index (χ4v) is 1.65. The minimum absolute atomic E-state index is 0. The normalized spacial score (nSPS) is 10.9. The molecule has 0 saturated heterocycles. The Morgan fingerprint density at radius 3 is 2.71 bits per heavy atom. The molecule has 0 aromatic heterocycles. The van der Waals surface area contributed by atoms with E-state index in [1.165, 1.54) is 19.2 Å². The van der Waals surface area contributed by atoms with Crippen LogP contribution in [0.15, 0.2) is 16.6 Å². The maximum atomic E-state index is 11.2. The first-order valence-corrected chi connectivity index (χ1v) is 5.06. The van der Waals surface area contributed by atoms with Gasteiger partial charge in [-0.25, -0.2) is 0 Å². The first-order valence-electron chi connectivity index (χ1n) is 4.27. The number of aromatic hydroxyl groups is 1. The summed E-state index contributed by atoms with van der Waals surface area (Å²) in [4.78, 5) is 11.2. The number of phenolic OH excluding ortho intramolecular Hbond substituents is 1. The Morgan fingerprint density at radius 2 is 2.24 bits per heavy atom. The van der Waals surface area contributed by atoms with Gasteiger partial charge < -0.3 is 15.6 Å². The van der Waals surface area contributed by atoms with Crippen LogP contribution >= 0.6 is 28.3 Å². The molecule has 0 unspecified atom stereocenters. The predicted octanol–water partition coefficient (Wildman–Crippen LogP) is 1.62. The van der Waals surface area contributed by atoms with Crippen molar-refractivity contribution >= 4 is 34.3 Å². The topological polar surface area (TPSA) is 96.3 Å². The van der Waals surface area contributed by atoms with E-state index in [0.29, 0.717) is 10.0 Å². The zero-order valence-corrected chi connectivity index (χ0v) is 11.2. The van der Waals surface area contributed by atoms with Crippen molar-refractivity contribution in [3.8, 4) is 11.8 Å². The van der Waals surface area contributed by atoms with Gasteiger partial charge in [0.2, 0.25) is 0 Å². The lowest BCUT2D eigenvalue weighted by Crippen LogP contribution is -2.22. The summed E-state index contributed by atoms with van der Waals surface area (Å²) in [5.74, 6) is -0.853. The van der Waals surface area contributed by atoms with E-state index in [1.54, 1.807) is 0 Å². The smallest absolute Gasteiger partial charge is 0.327 e. The third-order valence-electron chi connectivity index (χ3n) is 2.01. The van der Waals surface area contributed by atoms with Crippen LogP contribution in [0.2, 0.25) is 0 Å². The zero-order valence-electron chi connectivity index (χ0n) is 8.81. The fourth-order valence-electron chi connectivity index (χ4n) is 1.18. The van der Waals surface area contributed by atoms with Crippen molar-refractivity contribution in [1.29, 1.82) is 5.26 Å². The summed E-state index contributed by atoms with van der Waals surface area (Å²) < 4.78 is 4.77. The van der Waals surface area contributed by atoms with Crippen LogP contribution in [-0.4, -0.2) is 18.2 Å². The van der Waals surface area contributed by atoms with E-state index in [2.05, 4.69) is 20.7 Å². The molecule has 0 aliphatic rings. The van der Waals surface area contributed by atoms with Gasteiger partial charge in [-0.3, -0.25) is 4.79 Å². The zero-order chi connectivity index (χ0) is 12.3. The van der Waals surface area contributed by atoms with Crippen LogP contribution in [0.25, 0.3) is 0 Å². The summed E-state index contributed by atoms with van der Waals surface area (Å²) in [5, 5.41) is 18.4. The number of carbonyl (C=O) groups excluding carboxylic acids is 1. The van der Waals surface area contributed by atoms with Gasteiger partial charge in [-0.1, -0.05) is 0 Å². The highest BCUT2D eigenvalue weighted by Crippen LogP contribution is 2.32. The SMILES string of the molecule is COC(=O)[C@@H](N)c1cc(C#N)cc(Br)c1O.Cl. The molecule has 92 valence electrons. The molecule has 5 nitrogen and oxygen atoms in total. The van der Waals surface area contributed by atoms with Crippen LogP contribution < -0.4 is 5.73 Å². The molecule has 1 rings (SSSR count). The summed E-state index contributed by atoms with van der Waals surface area (Å²) in [6, 6.07) is 3.56. The molecule has 0 heterocycles. The molecule has 0 spiro atoms. The first kappa shape index (κ1) is 15.7. The van der Waals surface area contributed by atoms with E-state index in [4.69, 9.17) is 11.0 Å². The lowest BCUT2D eigenvalue weighted by Gasteiger charge is -2.12. The van der Waals surface area contributed by atoms with E-state index in [1.807, 2.05) is 6.07 Å². The van der Waals surface area contributed by atoms with E-state index in [0.717, 1.165) is 0 Å². The van der Waals surface area contributed by atoms with Crippen molar-refractivity contribution in [2.75, 3.05) is 7.11 Å². The summed E-state index contributed by atoms with van der Waals surface area (Å²) >= 11 is 3.07. The van der Waals surface area contributed by atoms with Crippen molar-refractivity contribution in [1.82, 2.24) is 0 Å². The first-order chi connectivity index (χ1) is 7.51. The number of esters is 1. The number of rotatable bonds is 2. The number of hydrogen-bond donors (Lipinski definition) is 2. The molecular weight excluding hydrogens is 311 g/mol. The maximum absolute atomic E-state index is 11.2. The number of ether oxygens (including phenoxy) is 1. The van der Waals surface area contributed by atoms with Gasteiger partial charge in [0, 0.05) is 5.56 Å². The highest BCUT2D eigenvalue weighted by Gasteiger charge is 2.21. The van der Waals surface area contributed by atoms with Gasteiger partial charge in [0.25, 0.3) is 0 Å². The lowest BCUT2D eigenvalue weighted by atomic mass is 10.0. The maximum Gasteiger partial charge on any atom is 0.327 e. The highest BCUT2D eigenvalue weighted by molar-refractivity contribution is 9.10. The van der Waals surface area contributed by atoms with E-state index < -0.39 is 12.0 Å². The molecule has 1 atom stereocenters. The van der Waals surface area contributed by atoms with Crippen molar-refractivity contribution in [2.24, 2.45) is 5.73 Å². The second-order valence-corrected chi connectivity index (χ2v) is 3.86. The van der Waals surface area contributed by atoms with Crippen LogP contribution in [0.1, 0.15) is 17.2 Å². The minimum Gasteiger partial charge on any atom is -0.506 e. The second kappa shape index (κ2) is 6.45. The Kier molecular flexibility index (Phi) is 5.96. The number of nitrogens with two attached hydrogens (primary N) is 1. The van der Waals surface area contributed by atoms with Crippen molar-refractivity contribution < 1.29 is 14.6 Å². The van der Waals surface area contributed by atoms with Crippen LogP contribution in [0.5, 0.6) is 5.75 Å². The number of carbonyl (C=O) groups is 1. The second-order valence-electron chi connectivity index (χ2n) is 3.01. The summed E-state index contributed by atoms with van der Waals surface area (Å²) in [6.07, 6.45) is 0. The predicted molar refractivity (Wildman–Crippen MR) is 66.7 cm³/mol. The van der Waals surface area contributed by atoms with Crippen LogP contribution in [0.4, 0.5) is 0 Å². The van der Waals surface area contributed by atoms with Gasteiger partial charge in [0.15, 0.2) is 0 Å². The Morgan fingerprint density at radius 1 is 1.65 bits per heavy atom. The molecule has 7 heteroatoms. The average molecular weight is 322 g/mol. The molecule has 0 bridgehead atoms. The fraction of sp³-hybridized carbons (Fsp3) is 0.200. The van der Waals surface area contributed by atoms with Gasteiger partial charge >= 0.3 is 5.97 Å². The molecule has 0 aliphatic heterocycles. The number of hydrogen-bond acceptors (Lipinski definition) is 5. The number of phenols is 1. The minimum atomic E-state index is -1.12. The standard InChI is InChI=1S/C10H9BrN2O3.ClH/c1-16-10(15)8(13)6-2-5(4-12)3-7(11)9(6)14;/h2-3,8,14H,13H2,1H3;1H/t8-;/m0./s1. The number of benzene rings is 1. The van der Waals surface area contributed by atoms with Crippen molar-refractivity contribution in [3.63, 3.8) is 0 Å². The van der Waals surface area contributed by atoms with Crippen molar-refractivity contribution in [2.45, 2.75) is 6.04 Å². The van der Waals surface area contributed by atoms with Crippen LogP contribution in [-0.2, 0) is 9.53 Å². The Labute approximate surface area is 113 Å². The van der Waals surface area contributed by atoms with Gasteiger partial charge in [-0.05, 0) is 28.1 Å². The molecule has 0 amide bonds. The molecule has 0 saturated carbocycles. The van der Waals surface area contributed by atoms with Gasteiger partial charge in [0.1, 0.15) is 11.8 Å². The Balaban J connectivity index is 0.00000256.